The van der Waals surface area contributed by atoms with Crippen LogP contribution in [-0.2, 0) is 11.3 Å². The Hall–Kier alpha value is -3.56. The molecule has 1 saturated heterocycles. The number of likely N-dealkylation sites (tertiary alicyclic amines) is 1. The zero-order valence-corrected chi connectivity index (χ0v) is 14.1. The molecule has 1 atom stereocenters. The fourth-order valence-electron chi connectivity index (χ4n) is 2.86. The van der Waals surface area contributed by atoms with Gasteiger partial charge in [0.15, 0.2) is 0 Å². The maximum atomic E-state index is 13.0. The van der Waals surface area contributed by atoms with Crippen molar-refractivity contribution in [3.63, 3.8) is 0 Å². The molecular weight excluding hydrogens is 357 g/mol. The van der Waals surface area contributed by atoms with E-state index in [9.17, 15) is 24.1 Å². The number of halogens is 1. The van der Waals surface area contributed by atoms with Gasteiger partial charge in [0.05, 0.1) is 10.5 Å². The van der Waals surface area contributed by atoms with Crippen molar-refractivity contribution in [2.24, 2.45) is 5.73 Å². The van der Waals surface area contributed by atoms with E-state index < -0.39 is 16.9 Å². The van der Waals surface area contributed by atoms with Crippen LogP contribution in [-0.4, -0.2) is 39.2 Å². The number of primary amides is 1. The molecule has 2 aromatic rings. The Labute approximate surface area is 153 Å². The van der Waals surface area contributed by atoms with E-state index in [0.717, 1.165) is 17.8 Å². The van der Waals surface area contributed by atoms with Gasteiger partial charge in [-0.2, -0.15) is 0 Å². The third-order valence-electron chi connectivity index (χ3n) is 4.24. The predicted molar refractivity (Wildman–Crippen MR) is 93.3 cm³/mol. The van der Waals surface area contributed by atoms with Crippen molar-refractivity contribution >= 4 is 23.3 Å². The van der Waals surface area contributed by atoms with E-state index in [-0.39, 0.29) is 28.8 Å². The summed E-state index contributed by atoms with van der Waals surface area (Å²) in [6.45, 7) is 0.792. The van der Waals surface area contributed by atoms with Crippen molar-refractivity contribution in [2.75, 3.05) is 11.9 Å². The van der Waals surface area contributed by atoms with E-state index in [1.165, 1.54) is 12.1 Å². The van der Waals surface area contributed by atoms with Gasteiger partial charge in [0.1, 0.15) is 23.9 Å². The molecule has 1 aliphatic heterocycles. The lowest BCUT2D eigenvalue weighted by Gasteiger charge is -2.18. The number of hydrogen-bond donors (Lipinski definition) is 2. The van der Waals surface area contributed by atoms with E-state index in [1.807, 2.05) is 0 Å². The van der Waals surface area contributed by atoms with Gasteiger partial charge in [0.2, 0.25) is 5.91 Å². The average molecular weight is 373 g/mol. The molecule has 140 valence electrons. The van der Waals surface area contributed by atoms with Crippen LogP contribution in [0.3, 0.4) is 0 Å². The molecular formula is C17H16FN5O4. The van der Waals surface area contributed by atoms with Crippen LogP contribution in [0.2, 0.25) is 0 Å². The number of nitro groups is 1. The lowest BCUT2D eigenvalue weighted by atomic mass is 10.2. The number of anilines is 1. The van der Waals surface area contributed by atoms with E-state index >= 15 is 0 Å². The first-order chi connectivity index (χ1) is 12.8. The minimum atomic E-state index is -0.887. The summed E-state index contributed by atoms with van der Waals surface area (Å²) in [7, 11) is 0. The van der Waals surface area contributed by atoms with Crippen LogP contribution in [0.1, 0.15) is 22.3 Å². The van der Waals surface area contributed by atoms with Gasteiger partial charge in [0.25, 0.3) is 11.6 Å². The van der Waals surface area contributed by atoms with Gasteiger partial charge in [-0.15, -0.1) is 0 Å². The number of nitrogens with two attached hydrogens (primary N) is 1. The summed E-state index contributed by atoms with van der Waals surface area (Å²) in [6, 6.07) is 6.24. The molecule has 0 aliphatic carbocycles. The first-order valence-electron chi connectivity index (χ1n) is 8.09. The average Bonchev–Trinajstić information content (AvgIpc) is 2.97. The van der Waals surface area contributed by atoms with Crippen LogP contribution in [0.15, 0.2) is 36.5 Å². The molecule has 1 aromatic carbocycles. The highest BCUT2D eigenvalue weighted by Crippen LogP contribution is 2.23. The minimum Gasteiger partial charge on any atom is -0.365 e. The second-order valence-electron chi connectivity index (χ2n) is 6.08. The molecule has 1 unspecified atom stereocenters. The summed E-state index contributed by atoms with van der Waals surface area (Å²) >= 11 is 0. The van der Waals surface area contributed by atoms with E-state index in [4.69, 9.17) is 5.73 Å². The molecule has 0 radical (unpaired) electrons. The Morgan fingerprint density at radius 3 is 2.74 bits per heavy atom. The van der Waals surface area contributed by atoms with Gasteiger partial charge >= 0.3 is 0 Å². The zero-order valence-electron chi connectivity index (χ0n) is 14.1. The van der Waals surface area contributed by atoms with Gasteiger partial charge in [-0.25, -0.2) is 9.37 Å². The maximum Gasteiger partial charge on any atom is 0.288 e. The first-order valence-corrected chi connectivity index (χ1v) is 8.09. The fraction of sp³-hybridized carbons (Fsp3) is 0.235. The second-order valence-corrected chi connectivity index (χ2v) is 6.08. The summed E-state index contributed by atoms with van der Waals surface area (Å²) in [6.07, 6.45) is 1.45. The molecule has 2 amide bonds. The number of nitrogens with one attached hydrogen (secondary N) is 1. The third kappa shape index (κ3) is 4.00. The molecule has 27 heavy (non-hydrogen) atoms. The number of carbonyl (C=O) groups excluding carboxylic acids is 2. The number of benzene rings is 1. The van der Waals surface area contributed by atoms with Crippen LogP contribution in [0.25, 0.3) is 0 Å². The SMILES string of the molecule is NC(=O)c1cc([N+](=O)[O-])cnc1NC1CCN(Cc2ccc(F)cc2)C1=O. The van der Waals surface area contributed by atoms with Gasteiger partial charge in [-0.3, -0.25) is 19.7 Å². The number of nitrogens with zero attached hydrogens (tertiary/aromatic N) is 3. The van der Waals surface area contributed by atoms with Crippen molar-refractivity contribution < 1.29 is 18.9 Å². The third-order valence-corrected chi connectivity index (χ3v) is 4.24. The number of hydrogen-bond acceptors (Lipinski definition) is 6. The molecule has 3 rings (SSSR count). The van der Waals surface area contributed by atoms with Crippen molar-refractivity contribution in [1.29, 1.82) is 0 Å². The summed E-state index contributed by atoms with van der Waals surface area (Å²) < 4.78 is 13.0. The molecule has 1 fully saturated rings. The summed E-state index contributed by atoms with van der Waals surface area (Å²) in [5, 5.41) is 13.7. The van der Waals surface area contributed by atoms with Gasteiger partial charge in [0, 0.05) is 19.2 Å². The molecule has 10 heteroatoms. The number of amides is 2. The van der Waals surface area contributed by atoms with Crippen LogP contribution in [0.4, 0.5) is 15.9 Å². The van der Waals surface area contributed by atoms with Crippen LogP contribution in [0, 0.1) is 15.9 Å². The summed E-state index contributed by atoms with van der Waals surface area (Å²) in [4.78, 5) is 39.8. The number of aromatic nitrogens is 1. The van der Waals surface area contributed by atoms with E-state index in [2.05, 4.69) is 10.3 Å². The van der Waals surface area contributed by atoms with Crippen molar-refractivity contribution in [1.82, 2.24) is 9.88 Å². The van der Waals surface area contributed by atoms with Crippen molar-refractivity contribution in [3.05, 3.63) is 63.6 Å². The van der Waals surface area contributed by atoms with Gasteiger partial charge in [-0.05, 0) is 24.1 Å². The van der Waals surface area contributed by atoms with Gasteiger partial charge < -0.3 is 16.0 Å². The number of carbonyl (C=O) groups is 2. The molecule has 3 N–H and O–H groups in total. The first kappa shape index (κ1) is 18.2. The molecule has 1 aliphatic rings. The minimum absolute atomic E-state index is 0.0232. The zero-order chi connectivity index (χ0) is 19.6. The van der Waals surface area contributed by atoms with Crippen LogP contribution in [0.5, 0.6) is 0 Å². The number of pyridine rings is 1. The number of rotatable bonds is 6. The molecule has 2 heterocycles. The standard InChI is InChI=1S/C17H16FN5O4/c18-11-3-1-10(2-4-11)9-22-6-5-14(17(22)25)21-16-13(15(19)24)7-12(8-20-16)23(26)27/h1-4,7-8,14H,5-6,9H2,(H2,19,24)(H,20,21). The quantitative estimate of drug-likeness (QED) is 0.582. The van der Waals surface area contributed by atoms with Crippen LogP contribution < -0.4 is 11.1 Å². The summed E-state index contributed by atoms with van der Waals surface area (Å²) in [5.41, 5.74) is 5.53. The molecule has 0 bridgehead atoms. The van der Waals surface area contributed by atoms with Crippen molar-refractivity contribution in [2.45, 2.75) is 19.0 Å². The van der Waals surface area contributed by atoms with Crippen LogP contribution >= 0.6 is 0 Å². The Kier molecular flexibility index (Phi) is 4.97. The second kappa shape index (κ2) is 7.36. The smallest absolute Gasteiger partial charge is 0.288 e. The monoisotopic (exact) mass is 373 g/mol. The Balaban J connectivity index is 1.73. The highest BCUT2D eigenvalue weighted by molar-refractivity contribution is 5.99. The molecule has 1 aromatic heterocycles. The normalized spacial score (nSPS) is 16.4. The van der Waals surface area contributed by atoms with E-state index in [1.54, 1.807) is 17.0 Å². The largest absolute Gasteiger partial charge is 0.365 e. The van der Waals surface area contributed by atoms with E-state index in [0.29, 0.717) is 19.5 Å². The van der Waals surface area contributed by atoms with Gasteiger partial charge in [-0.1, -0.05) is 12.1 Å². The highest BCUT2D eigenvalue weighted by Gasteiger charge is 2.32. The molecule has 0 spiro atoms. The maximum absolute atomic E-state index is 13.0. The lowest BCUT2D eigenvalue weighted by Crippen LogP contribution is -2.34. The topological polar surface area (TPSA) is 131 Å². The molecule has 0 saturated carbocycles. The Morgan fingerprint density at radius 2 is 2.11 bits per heavy atom. The van der Waals surface area contributed by atoms with Crippen molar-refractivity contribution in [3.8, 4) is 0 Å². The summed E-state index contributed by atoms with van der Waals surface area (Å²) in [5.74, 6) is -1.43. The molecule has 9 nitrogen and oxygen atoms in total. The Bertz CT molecular complexity index is 903. The highest BCUT2D eigenvalue weighted by atomic mass is 19.1. The lowest BCUT2D eigenvalue weighted by molar-refractivity contribution is -0.385. The fourth-order valence-corrected chi connectivity index (χ4v) is 2.86. The predicted octanol–water partition coefficient (Wildman–Crippen LogP) is 1.44. The Morgan fingerprint density at radius 1 is 1.41 bits per heavy atom.